The topological polar surface area (TPSA) is 92.4 Å². The fourth-order valence-corrected chi connectivity index (χ4v) is 1.04. The van der Waals surface area contributed by atoms with Crippen LogP contribution < -0.4 is 11.1 Å². The Kier molecular flexibility index (Phi) is 3.28. The second-order valence-electron chi connectivity index (χ2n) is 3.12. The minimum absolute atomic E-state index is 0.283. The van der Waals surface area contributed by atoms with Crippen molar-refractivity contribution in [3.05, 3.63) is 29.8 Å². The van der Waals surface area contributed by atoms with Gasteiger partial charge in [-0.2, -0.15) is 0 Å². The van der Waals surface area contributed by atoms with E-state index in [0.29, 0.717) is 5.69 Å². The molecule has 0 saturated heterocycles. The third kappa shape index (κ3) is 2.70. The van der Waals surface area contributed by atoms with Gasteiger partial charge < -0.3 is 16.2 Å². The van der Waals surface area contributed by atoms with Crippen molar-refractivity contribution in [3.63, 3.8) is 0 Å². The van der Waals surface area contributed by atoms with Gasteiger partial charge in [-0.05, 0) is 19.1 Å². The van der Waals surface area contributed by atoms with Crippen LogP contribution >= 0.6 is 0 Å². The molecule has 0 aliphatic rings. The van der Waals surface area contributed by atoms with E-state index < -0.39 is 17.9 Å². The van der Waals surface area contributed by atoms with E-state index in [1.165, 1.54) is 6.92 Å². The fourth-order valence-electron chi connectivity index (χ4n) is 1.04. The smallest absolute Gasteiger partial charge is 0.325 e. The number of carboxylic acid groups (broad SMARTS) is 1. The lowest BCUT2D eigenvalue weighted by atomic mass is 10.1. The van der Waals surface area contributed by atoms with Crippen molar-refractivity contribution in [1.29, 1.82) is 0 Å². The fraction of sp³-hybridized carbons (Fsp3) is 0.200. The summed E-state index contributed by atoms with van der Waals surface area (Å²) in [6, 6.07) is 5.56. The molecule has 0 radical (unpaired) electrons. The second kappa shape index (κ2) is 4.45. The van der Waals surface area contributed by atoms with Crippen molar-refractivity contribution >= 4 is 17.6 Å². The molecule has 1 aromatic carbocycles. The normalized spacial score (nSPS) is 11.8. The Hall–Kier alpha value is -2.04. The van der Waals surface area contributed by atoms with Gasteiger partial charge in [0.05, 0.1) is 5.56 Å². The van der Waals surface area contributed by atoms with Gasteiger partial charge >= 0.3 is 5.97 Å². The number of para-hydroxylation sites is 1. The van der Waals surface area contributed by atoms with E-state index in [2.05, 4.69) is 5.32 Å². The Labute approximate surface area is 86.9 Å². The molecule has 0 unspecified atom stereocenters. The molecular weight excluding hydrogens is 196 g/mol. The molecule has 0 fully saturated rings. The summed E-state index contributed by atoms with van der Waals surface area (Å²) in [5.41, 5.74) is 6.17. The molecule has 0 aliphatic heterocycles. The Morgan fingerprint density at radius 1 is 1.40 bits per heavy atom. The molecule has 80 valence electrons. The lowest BCUT2D eigenvalue weighted by Gasteiger charge is -2.10. The molecular formula is C10H12N2O3. The van der Waals surface area contributed by atoms with Gasteiger partial charge in [0.1, 0.15) is 6.04 Å². The Bertz CT molecular complexity index is 390. The SMILES string of the molecule is C[C@@H](NC(=O)c1ccccc1N)C(=O)O. The molecule has 0 bridgehead atoms. The predicted octanol–water partition coefficient (Wildman–Crippen LogP) is 0.472. The van der Waals surface area contributed by atoms with E-state index in [0.717, 1.165) is 0 Å². The molecule has 1 atom stereocenters. The Balaban J connectivity index is 2.78. The Morgan fingerprint density at radius 2 is 2.00 bits per heavy atom. The molecule has 1 rings (SSSR count). The molecule has 15 heavy (non-hydrogen) atoms. The lowest BCUT2D eigenvalue weighted by Crippen LogP contribution is -2.38. The number of aliphatic carboxylic acids is 1. The van der Waals surface area contributed by atoms with E-state index in [-0.39, 0.29) is 5.56 Å². The number of carboxylic acids is 1. The molecule has 5 nitrogen and oxygen atoms in total. The number of nitrogens with two attached hydrogens (primary N) is 1. The molecule has 0 saturated carbocycles. The monoisotopic (exact) mass is 208 g/mol. The van der Waals surface area contributed by atoms with Gasteiger partial charge in [-0.3, -0.25) is 9.59 Å². The second-order valence-corrected chi connectivity index (χ2v) is 3.12. The van der Waals surface area contributed by atoms with Crippen molar-refractivity contribution in [2.24, 2.45) is 0 Å². The number of rotatable bonds is 3. The van der Waals surface area contributed by atoms with Crippen molar-refractivity contribution in [2.45, 2.75) is 13.0 Å². The Morgan fingerprint density at radius 3 is 2.53 bits per heavy atom. The van der Waals surface area contributed by atoms with Crippen molar-refractivity contribution in [1.82, 2.24) is 5.32 Å². The standard InChI is InChI=1S/C10H12N2O3/c1-6(10(14)15)12-9(13)7-4-2-3-5-8(7)11/h2-6H,11H2,1H3,(H,12,13)(H,14,15)/t6-/m1/s1. The van der Waals surface area contributed by atoms with Gasteiger partial charge in [-0.25, -0.2) is 0 Å². The highest BCUT2D eigenvalue weighted by Gasteiger charge is 2.16. The van der Waals surface area contributed by atoms with Crippen LogP contribution in [0.1, 0.15) is 17.3 Å². The number of carbonyl (C=O) groups is 2. The first-order valence-electron chi connectivity index (χ1n) is 4.40. The molecule has 1 aromatic rings. The van der Waals surface area contributed by atoms with Crippen molar-refractivity contribution < 1.29 is 14.7 Å². The highest BCUT2D eigenvalue weighted by atomic mass is 16.4. The number of nitrogens with one attached hydrogen (secondary N) is 1. The number of amides is 1. The van der Waals surface area contributed by atoms with Crippen LogP contribution in [0.4, 0.5) is 5.69 Å². The van der Waals surface area contributed by atoms with Crippen molar-refractivity contribution in [2.75, 3.05) is 5.73 Å². The molecule has 0 heterocycles. The average Bonchev–Trinajstić information content (AvgIpc) is 2.18. The zero-order chi connectivity index (χ0) is 11.4. The van der Waals surface area contributed by atoms with Crippen LogP contribution in [0.3, 0.4) is 0 Å². The van der Waals surface area contributed by atoms with Gasteiger partial charge in [0, 0.05) is 5.69 Å². The summed E-state index contributed by atoms with van der Waals surface area (Å²) in [6.45, 7) is 1.39. The summed E-state index contributed by atoms with van der Waals surface area (Å²) in [5.74, 6) is -1.57. The quantitative estimate of drug-likeness (QED) is 0.629. The zero-order valence-corrected chi connectivity index (χ0v) is 8.23. The molecule has 5 heteroatoms. The van der Waals surface area contributed by atoms with Crippen LogP contribution in [-0.4, -0.2) is 23.0 Å². The highest BCUT2D eigenvalue weighted by Crippen LogP contribution is 2.10. The average molecular weight is 208 g/mol. The van der Waals surface area contributed by atoms with Gasteiger partial charge in [0.2, 0.25) is 0 Å². The summed E-state index contributed by atoms with van der Waals surface area (Å²) in [5, 5.41) is 10.9. The van der Waals surface area contributed by atoms with Gasteiger partial charge in [-0.1, -0.05) is 12.1 Å². The summed E-state index contributed by atoms with van der Waals surface area (Å²) >= 11 is 0. The highest BCUT2D eigenvalue weighted by molar-refractivity contribution is 6.00. The summed E-state index contributed by atoms with van der Waals surface area (Å²) in [4.78, 5) is 22.0. The molecule has 1 amide bonds. The van der Waals surface area contributed by atoms with Crippen LogP contribution in [0, 0.1) is 0 Å². The van der Waals surface area contributed by atoms with Crippen LogP contribution in [-0.2, 0) is 4.79 Å². The lowest BCUT2D eigenvalue weighted by molar-refractivity contribution is -0.138. The van der Waals surface area contributed by atoms with Crippen LogP contribution in [0.25, 0.3) is 0 Å². The number of hydrogen-bond acceptors (Lipinski definition) is 3. The maximum atomic E-state index is 11.5. The van der Waals surface area contributed by atoms with Crippen LogP contribution in [0.5, 0.6) is 0 Å². The van der Waals surface area contributed by atoms with Gasteiger partial charge in [0.15, 0.2) is 0 Å². The minimum atomic E-state index is -1.09. The molecule has 4 N–H and O–H groups in total. The van der Waals surface area contributed by atoms with Crippen LogP contribution in [0.15, 0.2) is 24.3 Å². The maximum Gasteiger partial charge on any atom is 0.325 e. The van der Waals surface area contributed by atoms with E-state index in [1.54, 1.807) is 24.3 Å². The van der Waals surface area contributed by atoms with E-state index in [1.807, 2.05) is 0 Å². The van der Waals surface area contributed by atoms with E-state index in [4.69, 9.17) is 10.8 Å². The summed E-state index contributed by atoms with van der Waals surface area (Å²) in [7, 11) is 0. The third-order valence-electron chi connectivity index (χ3n) is 1.92. The van der Waals surface area contributed by atoms with E-state index >= 15 is 0 Å². The third-order valence-corrected chi connectivity index (χ3v) is 1.92. The number of anilines is 1. The largest absolute Gasteiger partial charge is 0.480 e. The first-order chi connectivity index (χ1) is 7.02. The van der Waals surface area contributed by atoms with Crippen LogP contribution in [0.2, 0.25) is 0 Å². The first kappa shape index (κ1) is 11.0. The minimum Gasteiger partial charge on any atom is -0.480 e. The predicted molar refractivity (Wildman–Crippen MR) is 55.4 cm³/mol. The molecule has 0 aromatic heterocycles. The zero-order valence-electron chi connectivity index (χ0n) is 8.23. The van der Waals surface area contributed by atoms with Gasteiger partial charge in [0.25, 0.3) is 5.91 Å². The number of benzene rings is 1. The van der Waals surface area contributed by atoms with Crippen molar-refractivity contribution in [3.8, 4) is 0 Å². The van der Waals surface area contributed by atoms with Gasteiger partial charge in [-0.15, -0.1) is 0 Å². The number of carbonyl (C=O) groups excluding carboxylic acids is 1. The van der Waals surface area contributed by atoms with E-state index in [9.17, 15) is 9.59 Å². The summed E-state index contributed by atoms with van der Waals surface area (Å²) < 4.78 is 0. The molecule has 0 aliphatic carbocycles. The maximum absolute atomic E-state index is 11.5. The molecule has 0 spiro atoms. The summed E-state index contributed by atoms with van der Waals surface area (Å²) in [6.07, 6.45) is 0. The number of nitrogen functional groups attached to an aromatic ring is 1. The number of hydrogen-bond donors (Lipinski definition) is 3. The first-order valence-corrected chi connectivity index (χ1v) is 4.40.